The Morgan fingerprint density at radius 2 is 1.86 bits per heavy atom. The van der Waals surface area contributed by atoms with Gasteiger partial charge < -0.3 is 10.3 Å². The summed E-state index contributed by atoms with van der Waals surface area (Å²) in [6, 6.07) is 5.69. The highest BCUT2D eigenvalue weighted by Crippen LogP contribution is 2.30. The first kappa shape index (κ1) is 20.3. The van der Waals surface area contributed by atoms with Gasteiger partial charge in [0.15, 0.2) is 4.77 Å². The summed E-state index contributed by atoms with van der Waals surface area (Å²) in [7, 11) is 0. The second-order valence-corrected chi connectivity index (χ2v) is 9.39. The smallest absolute Gasteiger partial charge is 0.262 e. The first-order chi connectivity index (χ1) is 14.0. The molecule has 2 aromatic rings. The second-order valence-electron chi connectivity index (χ2n) is 9.00. The van der Waals surface area contributed by atoms with Gasteiger partial charge in [0.1, 0.15) is 0 Å². The number of rotatable bonds is 3. The van der Waals surface area contributed by atoms with Crippen molar-refractivity contribution < 1.29 is 4.79 Å². The van der Waals surface area contributed by atoms with Crippen LogP contribution in [0.5, 0.6) is 0 Å². The highest BCUT2D eigenvalue weighted by atomic mass is 32.1. The molecule has 2 aliphatic carbocycles. The van der Waals surface area contributed by atoms with Crippen LogP contribution in [0.2, 0.25) is 0 Å². The van der Waals surface area contributed by atoms with Gasteiger partial charge in [-0.3, -0.25) is 14.2 Å². The van der Waals surface area contributed by atoms with E-state index in [1.807, 2.05) is 0 Å². The Hall–Kier alpha value is -1.95. The normalized spacial score (nSPS) is 25.8. The van der Waals surface area contributed by atoms with E-state index in [4.69, 9.17) is 12.2 Å². The summed E-state index contributed by atoms with van der Waals surface area (Å²) in [4.78, 5) is 29.2. The third kappa shape index (κ3) is 4.04. The van der Waals surface area contributed by atoms with Crippen LogP contribution in [0, 0.1) is 16.6 Å². The van der Waals surface area contributed by atoms with Gasteiger partial charge in [0.2, 0.25) is 0 Å². The van der Waals surface area contributed by atoms with E-state index in [0.29, 0.717) is 33.1 Å². The summed E-state index contributed by atoms with van der Waals surface area (Å²) in [6.45, 7) is 4.48. The van der Waals surface area contributed by atoms with Gasteiger partial charge in [0.25, 0.3) is 11.5 Å². The predicted molar refractivity (Wildman–Crippen MR) is 119 cm³/mol. The maximum Gasteiger partial charge on any atom is 0.262 e. The minimum absolute atomic E-state index is 0.0441. The topological polar surface area (TPSA) is 66.9 Å². The van der Waals surface area contributed by atoms with Crippen LogP contribution in [-0.2, 0) is 0 Å². The lowest BCUT2D eigenvalue weighted by molar-refractivity contribution is 0.0891. The van der Waals surface area contributed by atoms with Gasteiger partial charge in [-0.15, -0.1) is 0 Å². The molecule has 1 amide bonds. The van der Waals surface area contributed by atoms with Gasteiger partial charge in [-0.05, 0) is 61.5 Å². The summed E-state index contributed by atoms with van der Waals surface area (Å²) < 4.78 is 2.21. The van der Waals surface area contributed by atoms with Crippen LogP contribution in [-0.4, -0.2) is 21.5 Å². The highest BCUT2D eigenvalue weighted by molar-refractivity contribution is 7.71. The Bertz CT molecular complexity index is 1020. The molecule has 0 radical (unpaired) electrons. The molecule has 2 fully saturated rings. The molecule has 156 valence electrons. The van der Waals surface area contributed by atoms with Gasteiger partial charge in [0, 0.05) is 17.6 Å². The number of hydrogen-bond acceptors (Lipinski definition) is 3. The number of aromatic amines is 1. The molecule has 0 unspecified atom stereocenters. The van der Waals surface area contributed by atoms with Crippen LogP contribution in [0.4, 0.5) is 0 Å². The molecule has 2 aliphatic rings. The van der Waals surface area contributed by atoms with Gasteiger partial charge in [0.05, 0.1) is 10.9 Å². The number of fused-ring (bicyclic) bond motifs is 1. The third-order valence-electron chi connectivity index (χ3n) is 7.15. The standard InChI is InChI=1S/C23H31N3O2S/c1-14-7-6-10-19(15(14)2)24-21(27)16-11-12-18-20(13-16)25-23(29)26(22(18)28)17-8-4-3-5-9-17/h11-15,17,19H,3-10H2,1-2H3,(H,24,27)(H,25,29)/t14-,15+,19+/m1/s1. The van der Waals surface area contributed by atoms with Crippen molar-refractivity contribution in [3.05, 3.63) is 38.9 Å². The Morgan fingerprint density at radius 3 is 2.62 bits per heavy atom. The third-order valence-corrected chi connectivity index (χ3v) is 7.45. The monoisotopic (exact) mass is 413 g/mol. The van der Waals surface area contributed by atoms with Crippen molar-refractivity contribution in [3.63, 3.8) is 0 Å². The second kappa shape index (κ2) is 8.42. The molecular formula is C23H31N3O2S. The lowest BCUT2D eigenvalue weighted by Crippen LogP contribution is -2.43. The fourth-order valence-electron chi connectivity index (χ4n) is 5.08. The van der Waals surface area contributed by atoms with E-state index < -0.39 is 0 Å². The van der Waals surface area contributed by atoms with E-state index in [-0.39, 0.29) is 23.6 Å². The van der Waals surface area contributed by atoms with Crippen LogP contribution in [0.3, 0.4) is 0 Å². The summed E-state index contributed by atoms with van der Waals surface area (Å²) in [5, 5.41) is 3.81. The van der Waals surface area contributed by atoms with Crippen LogP contribution >= 0.6 is 12.2 Å². The Balaban J connectivity index is 1.62. The largest absolute Gasteiger partial charge is 0.349 e. The number of hydrogen-bond donors (Lipinski definition) is 2. The van der Waals surface area contributed by atoms with Crippen LogP contribution in [0.15, 0.2) is 23.0 Å². The average molecular weight is 414 g/mol. The maximum absolute atomic E-state index is 13.1. The van der Waals surface area contributed by atoms with Gasteiger partial charge in [-0.1, -0.05) is 46.0 Å². The molecule has 0 spiro atoms. The molecule has 4 rings (SSSR count). The molecule has 29 heavy (non-hydrogen) atoms. The van der Waals surface area contributed by atoms with E-state index in [9.17, 15) is 9.59 Å². The van der Waals surface area contributed by atoms with Crippen molar-refractivity contribution >= 4 is 29.0 Å². The number of H-pyrrole nitrogens is 1. The first-order valence-electron chi connectivity index (χ1n) is 11.0. The first-order valence-corrected chi connectivity index (χ1v) is 11.5. The quantitative estimate of drug-likeness (QED) is 0.687. The number of amides is 1. The highest BCUT2D eigenvalue weighted by Gasteiger charge is 2.28. The van der Waals surface area contributed by atoms with Gasteiger partial charge in [-0.2, -0.15) is 0 Å². The summed E-state index contributed by atoms with van der Waals surface area (Å²) >= 11 is 5.52. The number of carbonyl (C=O) groups is 1. The van der Waals surface area contributed by atoms with Crippen LogP contribution < -0.4 is 10.9 Å². The Morgan fingerprint density at radius 1 is 1.10 bits per heavy atom. The lowest BCUT2D eigenvalue weighted by Gasteiger charge is -2.34. The molecule has 2 saturated carbocycles. The molecule has 6 heteroatoms. The van der Waals surface area contributed by atoms with Crippen LogP contribution in [0.1, 0.15) is 81.6 Å². The number of carbonyl (C=O) groups excluding carboxylic acids is 1. The van der Waals surface area contributed by atoms with E-state index in [1.165, 1.54) is 12.8 Å². The van der Waals surface area contributed by atoms with Crippen molar-refractivity contribution in [3.8, 4) is 0 Å². The zero-order valence-corrected chi connectivity index (χ0v) is 18.2. The van der Waals surface area contributed by atoms with E-state index >= 15 is 0 Å². The van der Waals surface area contributed by atoms with Crippen molar-refractivity contribution in [2.75, 3.05) is 0 Å². The van der Waals surface area contributed by atoms with E-state index in [0.717, 1.165) is 38.5 Å². The zero-order chi connectivity index (χ0) is 20.5. The molecule has 5 nitrogen and oxygen atoms in total. The van der Waals surface area contributed by atoms with Crippen molar-refractivity contribution in [2.24, 2.45) is 11.8 Å². The zero-order valence-electron chi connectivity index (χ0n) is 17.4. The SMILES string of the molecule is C[C@H]1[C@H](C)CCC[C@@H]1NC(=O)c1ccc2c(=O)n(C3CCCCC3)c(=S)[nH]c2c1. The minimum atomic E-state index is -0.0753. The molecule has 1 aromatic heterocycles. The number of nitrogens with zero attached hydrogens (tertiary/aromatic N) is 1. The average Bonchev–Trinajstić information content (AvgIpc) is 2.72. The summed E-state index contributed by atoms with van der Waals surface area (Å²) in [5.41, 5.74) is 1.17. The number of benzene rings is 1. The van der Waals surface area contributed by atoms with Crippen molar-refractivity contribution in [2.45, 2.75) is 77.3 Å². The molecule has 1 aromatic carbocycles. The Kier molecular flexibility index (Phi) is 5.91. The maximum atomic E-state index is 13.1. The van der Waals surface area contributed by atoms with E-state index in [1.54, 1.807) is 22.8 Å². The summed E-state index contributed by atoms with van der Waals surface area (Å²) in [6.07, 6.45) is 8.92. The lowest BCUT2D eigenvalue weighted by atomic mass is 9.78. The minimum Gasteiger partial charge on any atom is -0.349 e. The fraction of sp³-hybridized carbons (Fsp3) is 0.609. The molecule has 1 heterocycles. The predicted octanol–water partition coefficient (Wildman–Crippen LogP) is 5.12. The molecule has 2 N–H and O–H groups in total. The summed E-state index contributed by atoms with van der Waals surface area (Å²) in [5.74, 6) is 1.02. The number of nitrogens with one attached hydrogen (secondary N) is 2. The molecule has 0 bridgehead atoms. The van der Waals surface area contributed by atoms with Crippen molar-refractivity contribution in [1.29, 1.82) is 0 Å². The molecule has 3 atom stereocenters. The molecule has 0 saturated heterocycles. The van der Waals surface area contributed by atoms with E-state index in [2.05, 4.69) is 24.1 Å². The van der Waals surface area contributed by atoms with Gasteiger partial charge >= 0.3 is 0 Å². The van der Waals surface area contributed by atoms with Crippen molar-refractivity contribution in [1.82, 2.24) is 14.9 Å². The fourth-order valence-corrected chi connectivity index (χ4v) is 5.42. The Labute approximate surface area is 176 Å². The van der Waals surface area contributed by atoms with Crippen LogP contribution in [0.25, 0.3) is 10.9 Å². The molecular weight excluding hydrogens is 382 g/mol. The van der Waals surface area contributed by atoms with Gasteiger partial charge in [-0.25, -0.2) is 0 Å². The molecule has 0 aliphatic heterocycles. The number of aromatic nitrogens is 2.